The number of nitrogens with one attached hydrogen (secondary N) is 2. The number of benzene rings is 2. The maximum Gasteiger partial charge on any atom is 0.338 e. The molecule has 2 aromatic carbocycles. The Kier molecular flexibility index (Phi) is 7.77. The van der Waals surface area contributed by atoms with E-state index in [4.69, 9.17) is 9.47 Å². The van der Waals surface area contributed by atoms with Gasteiger partial charge in [0.25, 0.3) is 5.91 Å². The van der Waals surface area contributed by atoms with Crippen LogP contribution in [-0.4, -0.2) is 30.5 Å². The van der Waals surface area contributed by atoms with Gasteiger partial charge in [-0.3, -0.25) is 9.59 Å². The van der Waals surface area contributed by atoms with Crippen LogP contribution in [0.3, 0.4) is 0 Å². The summed E-state index contributed by atoms with van der Waals surface area (Å²) in [6, 6.07) is 13.2. The van der Waals surface area contributed by atoms with Gasteiger partial charge in [-0.1, -0.05) is 13.8 Å². The van der Waals surface area contributed by atoms with Crippen LogP contribution in [0.1, 0.15) is 38.1 Å². The van der Waals surface area contributed by atoms with Gasteiger partial charge in [-0.15, -0.1) is 0 Å². The van der Waals surface area contributed by atoms with Crippen molar-refractivity contribution in [2.24, 2.45) is 5.92 Å². The van der Waals surface area contributed by atoms with Crippen molar-refractivity contribution in [2.45, 2.75) is 33.8 Å². The Morgan fingerprint density at radius 2 is 1.41 bits per heavy atom. The van der Waals surface area contributed by atoms with Gasteiger partial charge in [0.2, 0.25) is 5.91 Å². The maximum absolute atomic E-state index is 12.3. The fourth-order valence-corrected chi connectivity index (χ4v) is 2.32. The molecular formula is C22H26N2O5. The molecule has 0 unspecified atom stereocenters. The molecule has 0 spiro atoms. The summed E-state index contributed by atoms with van der Waals surface area (Å²) in [7, 11) is 0. The third-order valence-electron chi connectivity index (χ3n) is 3.80. The average Bonchev–Trinajstić information content (AvgIpc) is 2.67. The van der Waals surface area contributed by atoms with Crippen LogP contribution in [0.15, 0.2) is 48.5 Å². The number of anilines is 2. The highest BCUT2D eigenvalue weighted by Crippen LogP contribution is 2.16. The molecule has 2 N–H and O–H groups in total. The van der Waals surface area contributed by atoms with Crippen LogP contribution < -0.4 is 15.4 Å². The van der Waals surface area contributed by atoms with Crippen LogP contribution >= 0.6 is 0 Å². The van der Waals surface area contributed by atoms with Crippen LogP contribution in [0.2, 0.25) is 0 Å². The summed E-state index contributed by atoms with van der Waals surface area (Å²) in [4.78, 5) is 35.5. The lowest BCUT2D eigenvalue weighted by Crippen LogP contribution is -2.30. The summed E-state index contributed by atoms with van der Waals surface area (Å²) >= 11 is 0. The predicted molar refractivity (Wildman–Crippen MR) is 111 cm³/mol. The summed E-state index contributed by atoms with van der Waals surface area (Å²) in [5, 5.41) is 5.31. The zero-order valence-electron chi connectivity index (χ0n) is 17.0. The number of esters is 1. The van der Waals surface area contributed by atoms with E-state index >= 15 is 0 Å². The van der Waals surface area contributed by atoms with Crippen molar-refractivity contribution in [3.8, 4) is 5.75 Å². The summed E-state index contributed by atoms with van der Waals surface area (Å²) in [5.41, 5.74) is 1.48. The molecule has 0 fully saturated rings. The average molecular weight is 398 g/mol. The Balaban J connectivity index is 1.88. The highest BCUT2D eigenvalue weighted by Gasteiger charge is 2.19. The molecule has 0 aliphatic heterocycles. The Hall–Kier alpha value is -3.35. The monoisotopic (exact) mass is 398 g/mol. The Morgan fingerprint density at radius 1 is 0.862 bits per heavy atom. The molecule has 1 atom stereocenters. The SMILES string of the molecule is CC(=O)Nc1ccc(NC(=O)[C@H](C)OC(=O)c2ccc(OCC(C)C)cc2)cc1. The molecule has 0 saturated heterocycles. The fraction of sp³-hybridized carbons (Fsp3) is 0.318. The molecular weight excluding hydrogens is 372 g/mol. The van der Waals surface area contributed by atoms with E-state index in [2.05, 4.69) is 24.5 Å². The zero-order valence-corrected chi connectivity index (χ0v) is 17.0. The molecule has 154 valence electrons. The standard InChI is InChI=1S/C22H26N2O5/c1-14(2)13-28-20-11-5-17(6-12-20)22(27)29-15(3)21(26)24-19-9-7-18(8-10-19)23-16(4)25/h5-12,14-15H,13H2,1-4H3,(H,23,25)(H,24,26)/t15-/m0/s1. The van der Waals surface area contributed by atoms with E-state index in [1.54, 1.807) is 48.5 Å². The molecule has 0 aliphatic rings. The predicted octanol–water partition coefficient (Wildman–Crippen LogP) is 3.86. The number of carbonyl (C=O) groups excluding carboxylic acids is 3. The van der Waals surface area contributed by atoms with Gasteiger partial charge in [-0.2, -0.15) is 0 Å². The van der Waals surface area contributed by atoms with Crippen LogP contribution in [0.25, 0.3) is 0 Å². The van der Waals surface area contributed by atoms with Gasteiger partial charge < -0.3 is 20.1 Å². The number of carbonyl (C=O) groups is 3. The summed E-state index contributed by atoms with van der Waals surface area (Å²) in [5.74, 6) is -0.155. The molecule has 7 nitrogen and oxygen atoms in total. The zero-order chi connectivity index (χ0) is 21.4. The molecule has 0 bridgehead atoms. The molecule has 0 saturated carbocycles. The van der Waals surface area contributed by atoms with E-state index in [0.29, 0.717) is 35.2 Å². The molecule has 29 heavy (non-hydrogen) atoms. The van der Waals surface area contributed by atoms with Gasteiger partial charge in [0.1, 0.15) is 5.75 Å². The summed E-state index contributed by atoms with van der Waals surface area (Å²) in [6.07, 6.45) is -0.977. The van der Waals surface area contributed by atoms with E-state index in [1.165, 1.54) is 13.8 Å². The molecule has 2 aromatic rings. The fourth-order valence-electron chi connectivity index (χ4n) is 2.32. The molecule has 7 heteroatoms. The largest absolute Gasteiger partial charge is 0.493 e. The quantitative estimate of drug-likeness (QED) is 0.659. The molecule has 2 amide bonds. The molecule has 2 rings (SSSR count). The normalized spacial score (nSPS) is 11.5. The van der Waals surface area contributed by atoms with Crippen molar-refractivity contribution in [1.29, 1.82) is 0 Å². The van der Waals surface area contributed by atoms with Crippen molar-refractivity contribution in [1.82, 2.24) is 0 Å². The van der Waals surface area contributed by atoms with Crippen molar-refractivity contribution < 1.29 is 23.9 Å². The van der Waals surface area contributed by atoms with Crippen LogP contribution in [0.5, 0.6) is 5.75 Å². The molecule has 0 aliphatic carbocycles. The van der Waals surface area contributed by atoms with Crippen LogP contribution in [0.4, 0.5) is 11.4 Å². The van der Waals surface area contributed by atoms with Crippen LogP contribution in [0, 0.1) is 5.92 Å². The van der Waals surface area contributed by atoms with Gasteiger partial charge in [0, 0.05) is 18.3 Å². The van der Waals surface area contributed by atoms with Gasteiger partial charge >= 0.3 is 5.97 Å². The van der Waals surface area contributed by atoms with Crippen molar-refractivity contribution in [3.63, 3.8) is 0 Å². The topological polar surface area (TPSA) is 93.7 Å². The van der Waals surface area contributed by atoms with Gasteiger partial charge in [0.05, 0.1) is 12.2 Å². The lowest BCUT2D eigenvalue weighted by molar-refractivity contribution is -0.123. The van der Waals surface area contributed by atoms with E-state index in [-0.39, 0.29) is 5.91 Å². The minimum atomic E-state index is -0.977. The summed E-state index contributed by atoms with van der Waals surface area (Å²) < 4.78 is 10.8. The van der Waals surface area contributed by atoms with Crippen LogP contribution in [-0.2, 0) is 14.3 Å². The van der Waals surface area contributed by atoms with E-state index < -0.39 is 18.0 Å². The first-order valence-corrected chi connectivity index (χ1v) is 9.37. The Bertz CT molecular complexity index is 845. The third kappa shape index (κ3) is 7.29. The first-order chi connectivity index (χ1) is 13.7. The second-order valence-electron chi connectivity index (χ2n) is 7.02. The second kappa shape index (κ2) is 10.3. The molecule has 0 aromatic heterocycles. The first-order valence-electron chi connectivity index (χ1n) is 9.37. The number of rotatable bonds is 8. The number of ether oxygens (including phenoxy) is 2. The Morgan fingerprint density at radius 3 is 1.93 bits per heavy atom. The smallest absolute Gasteiger partial charge is 0.338 e. The highest BCUT2D eigenvalue weighted by atomic mass is 16.5. The lowest BCUT2D eigenvalue weighted by Gasteiger charge is -2.14. The number of hydrogen-bond donors (Lipinski definition) is 2. The lowest BCUT2D eigenvalue weighted by atomic mass is 10.2. The Labute approximate surface area is 170 Å². The second-order valence-corrected chi connectivity index (χ2v) is 7.02. The minimum Gasteiger partial charge on any atom is -0.493 e. The summed E-state index contributed by atoms with van der Waals surface area (Å²) in [6.45, 7) is 7.61. The van der Waals surface area contributed by atoms with Gasteiger partial charge in [-0.05, 0) is 61.4 Å². The minimum absolute atomic E-state index is 0.179. The van der Waals surface area contributed by atoms with Crippen molar-refractivity contribution in [3.05, 3.63) is 54.1 Å². The van der Waals surface area contributed by atoms with Gasteiger partial charge in [-0.25, -0.2) is 4.79 Å². The van der Waals surface area contributed by atoms with E-state index in [0.717, 1.165) is 0 Å². The number of hydrogen-bond acceptors (Lipinski definition) is 5. The van der Waals surface area contributed by atoms with Crippen molar-refractivity contribution in [2.75, 3.05) is 17.2 Å². The first kappa shape index (κ1) is 21.9. The van der Waals surface area contributed by atoms with E-state index in [1.807, 2.05) is 0 Å². The van der Waals surface area contributed by atoms with E-state index in [9.17, 15) is 14.4 Å². The third-order valence-corrected chi connectivity index (χ3v) is 3.80. The highest BCUT2D eigenvalue weighted by molar-refractivity contribution is 5.97. The van der Waals surface area contributed by atoms with Crippen molar-refractivity contribution >= 4 is 29.2 Å². The number of amides is 2. The molecule has 0 radical (unpaired) electrons. The molecule has 0 heterocycles. The maximum atomic E-state index is 12.3. The van der Waals surface area contributed by atoms with Gasteiger partial charge in [0.15, 0.2) is 6.10 Å².